The van der Waals surface area contributed by atoms with E-state index in [9.17, 15) is 9.59 Å². The minimum Gasteiger partial charge on any atom is -0.343 e. The van der Waals surface area contributed by atoms with Crippen LogP contribution in [-0.4, -0.2) is 65.3 Å². The van der Waals surface area contributed by atoms with Crippen molar-refractivity contribution in [2.45, 2.75) is 45.3 Å². The zero-order chi connectivity index (χ0) is 21.7. The van der Waals surface area contributed by atoms with Gasteiger partial charge in [0, 0.05) is 25.8 Å². The van der Waals surface area contributed by atoms with Crippen molar-refractivity contribution in [3.05, 3.63) is 65.2 Å². The number of fused-ring (bicyclic) bond motifs is 3. The van der Waals surface area contributed by atoms with E-state index in [0.717, 1.165) is 30.6 Å². The fraction of sp³-hybridized carbons (Fsp3) is 0.417. The smallest absolute Gasteiger partial charge is 0.328 e. The number of para-hydroxylation sites is 1. The van der Waals surface area contributed by atoms with Crippen LogP contribution in [0.5, 0.6) is 0 Å². The van der Waals surface area contributed by atoms with E-state index in [-0.39, 0.29) is 30.4 Å². The van der Waals surface area contributed by atoms with Crippen LogP contribution >= 0.6 is 0 Å². The molecule has 1 N–H and O–H groups in total. The zero-order valence-corrected chi connectivity index (χ0v) is 18.3. The van der Waals surface area contributed by atoms with Gasteiger partial charge in [-0.05, 0) is 37.5 Å². The van der Waals surface area contributed by atoms with Gasteiger partial charge >= 0.3 is 6.03 Å². The van der Waals surface area contributed by atoms with Gasteiger partial charge < -0.3 is 9.80 Å². The molecular weight excluding hydrogens is 390 g/mol. The predicted molar refractivity (Wildman–Crippen MR) is 119 cm³/mol. The van der Waals surface area contributed by atoms with Gasteiger partial charge in [0.2, 0.25) is 0 Å². The lowest BCUT2D eigenvalue weighted by Gasteiger charge is -2.44. The Labute approximate surface area is 183 Å². The lowest BCUT2D eigenvalue weighted by atomic mass is 10.1. The van der Waals surface area contributed by atoms with Crippen molar-refractivity contribution < 1.29 is 9.59 Å². The summed E-state index contributed by atoms with van der Waals surface area (Å²) in [6, 6.07) is 15.7. The molecule has 2 aromatic rings. The van der Waals surface area contributed by atoms with Crippen LogP contribution < -0.4 is 10.2 Å². The molecule has 3 aliphatic heterocycles. The molecule has 31 heavy (non-hydrogen) atoms. The van der Waals surface area contributed by atoms with Gasteiger partial charge in [0.1, 0.15) is 18.5 Å². The number of hydrogen-bond acceptors (Lipinski definition) is 5. The SMILES string of the molecule is Cc1ccc(CN2C(=O)C3C(NC4N(c5ccccc5C)CCCN34)N(C)C2=O)cc1. The van der Waals surface area contributed by atoms with E-state index in [1.807, 2.05) is 43.3 Å². The molecule has 0 aliphatic carbocycles. The molecule has 3 fully saturated rings. The molecule has 3 unspecified atom stereocenters. The Bertz CT molecular complexity index is 1010. The summed E-state index contributed by atoms with van der Waals surface area (Å²) in [5, 5.41) is 3.58. The maximum atomic E-state index is 13.6. The third-order valence-corrected chi connectivity index (χ3v) is 6.76. The number of benzene rings is 2. The van der Waals surface area contributed by atoms with Crippen molar-refractivity contribution in [1.29, 1.82) is 0 Å². The first-order valence-electron chi connectivity index (χ1n) is 10.9. The maximum absolute atomic E-state index is 13.6. The van der Waals surface area contributed by atoms with Crippen molar-refractivity contribution in [3.63, 3.8) is 0 Å². The van der Waals surface area contributed by atoms with Crippen molar-refractivity contribution in [3.8, 4) is 0 Å². The van der Waals surface area contributed by atoms with E-state index in [4.69, 9.17) is 0 Å². The van der Waals surface area contributed by atoms with E-state index in [0.29, 0.717) is 6.54 Å². The summed E-state index contributed by atoms with van der Waals surface area (Å²) in [6.45, 7) is 6.18. The van der Waals surface area contributed by atoms with Gasteiger partial charge in [-0.2, -0.15) is 0 Å². The average Bonchev–Trinajstić information content (AvgIpc) is 3.17. The van der Waals surface area contributed by atoms with Gasteiger partial charge in [-0.1, -0.05) is 48.0 Å². The van der Waals surface area contributed by atoms with E-state index in [1.54, 1.807) is 11.9 Å². The number of urea groups is 1. The first kappa shape index (κ1) is 20.0. The molecular formula is C24H29N5O2. The monoisotopic (exact) mass is 419 g/mol. The summed E-state index contributed by atoms with van der Waals surface area (Å²) in [4.78, 5) is 34.3. The second-order valence-corrected chi connectivity index (χ2v) is 8.80. The quantitative estimate of drug-likeness (QED) is 0.828. The van der Waals surface area contributed by atoms with Crippen LogP contribution in [0.3, 0.4) is 0 Å². The highest BCUT2D eigenvalue weighted by Gasteiger charge is 2.56. The molecule has 0 saturated carbocycles. The lowest BCUT2D eigenvalue weighted by molar-refractivity contribution is -0.139. The van der Waals surface area contributed by atoms with Crippen LogP contribution in [-0.2, 0) is 11.3 Å². The number of amides is 3. The number of nitrogens with zero attached hydrogens (tertiary/aromatic N) is 4. The molecule has 0 radical (unpaired) electrons. The van der Waals surface area contributed by atoms with Gasteiger partial charge in [0.05, 0.1) is 6.54 Å². The molecule has 2 aromatic carbocycles. The summed E-state index contributed by atoms with van der Waals surface area (Å²) in [5.41, 5.74) is 4.49. The summed E-state index contributed by atoms with van der Waals surface area (Å²) in [7, 11) is 1.79. The normalized spacial score (nSPS) is 26.3. The number of anilines is 1. The minimum absolute atomic E-state index is 0.108. The van der Waals surface area contributed by atoms with Crippen LogP contribution in [0.4, 0.5) is 10.5 Å². The molecule has 5 rings (SSSR count). The van der Waals surface area contributed by atoms with Crippen LogP contribution in [0.1, 0.15) is 23.1 Å². The number of carbonyl (C=O) groups is 2. The highest BCUT2D eigenvalue weighted by molar-refractivity contribution is 6.00. The average molecular weight is 420 g/mol. The summed E-state index contributed by atoms with van der Waals surface area (Å²) >= 11 is 0. The van der Waals surface area contributed by atoms with Crippen molar-refractivity contribution in [2.24, 2.45) is 0 Å². The highest BCUT2D eigenvalue weighted by atomic mass is 16.2. The van der Waals surface area contributed by atoms with E-state index >= 15 is 0 Å². The van der Waals surface area contributed by atoms with E-state index in [2.05, 4.69) is 34.2 Å². The molecule has 0 aromatic heterocycles. The predicted octanol–water partition coefficient (Wildman–Crippen LogP) is 2.49. The number of likely N-dealkylation sites (N-methyl/N-ethyl adjacent to an activating group) is 1. The third kappa shape index (κ3) is 3.28. The van der Waals surface area contributed by atoms with Crippen LogP contribution in [0.2, 0.25) is 0 Å². The number of hydrogen-bond donors (Lipinski definition) is 1. The Morgan fingerprint density at radius 1 is 1.00 bits per heavy atom. The summed E-state index contributed by atoms with van der Waals surface area (Å²) < 4.78 is 0. The fourth-order valence-electron chi connectivity index (χ4n) is 5.07. The Hall–Kier alpha value is -2.90. The van der Waals surface area contributed by atoms with Gasteiger partial charge in [0.15, 0.2) is 0 Å². The first-order chi connectivity index (χ1) is 15.0. The summed E-state index contributed by atoms with van der Waals surface area (Å²) in [6.07, 6.45) is 0.533. The Morgan fingerprint density at radius 3 is 2.48 bits per heavy atom. The number of rotatable bonds is 3. The van der Waals surface area contributed by atoms with Crippen LogP contribution in [0.25, 0.3) is 0 Å². The highest BCUT2D eigenvalue weighted by Crippen LogP contribution is 2.34. The molecule has 7 nitrogen and oxygen atoms in total. The van der Waals surface area contributed by atoms with Gasteiger partial charge in [-0.15, -0.1) is 0 Å². The third-order valence-electron chi connectivity index (χ3n) is 6.76. The number of imide groups is 1. The Balaban J connectivity index is 1.44. The Morgan fingerprint density at radius 2 is 1.74 bits per heavy atom. The van der Waals surface area contributed by atoms with E-state index in [1.165, 1.54) is 16.2 Å². The van der Waals surface area contributed by atoms with Gasteiger partial charge in [0.25, 0.3) is 5.91 Å². The first-order valence-corrected chi connectivity index (χ1v) is 10.9. The maximum Gasteiger partial charge on any atom is 0.328 e. The largest absolute Gasteiger partial charge is 0.343 e. The molecule has 3 heterocycles. The lowest BCUT2D eigenvalue weighted by Crippen LogP contribution is -2.66. The summed E-state index contributed by atoms with van der Waals surface area (Å²) in [5.74, 6) is -0.115. The van der Waals surface area contributed by atoms with Gasteiger partial charge in [-0.25, -0.2) is 4.79 Å². The number of nitrogens with one attached hydrogen (secondary N) is 1. The number of aryl methyl sites for hydroxylation is 2. The van der Waals surface area contributed by atoms with Crippen LogP contribution in [0.15, 0.2) is 48.5 Å². The molecule has 162 valence electrons. The standard InChI is InChI=1S/C24H29N5O2/c1-16-9-11-18(12-10-16)15-29-22(30)20-21(26(3)24(29)31)25-23-27(13-6-14-28(20)23)19-8-5-4-7-17(19)2/h4-5,7-12,20-21,23,25H,6,13-15H2,1-3H3. The molecule has 7 heteroatoms. The molecule has 3 amide bonds. The second kappa shape index (κ2) is 7.66. The van der Waals surface area contributed by atoms with Crippen molar-refractivity contribution in [1.82, 2.24) is 20.0 Å². The van der Waals surface area contributed by atoms with E-state index < -0.39 is 0 Å². The minimum atomic E-state index is -0.384. The van der Waals surface area contributed by atoms with Crippen molar-refractivity contribution in [2.75, 3.05) is 25.0 Å². The molecule has 0 bridgehead atoms. The van der Waals surface area contributed by atoms with Gasteiger partial charge in [-0.3, -0.25) is 19.9 Å². The molecule has 3 aliphatic rings. The Kier molecular flexibility index (Phi) is 4.95. The number of carbonyl (C=O) groups excluding carboxylic acids is 2. The molecule has 0 spiro atoms. The molecule has 3 saturated heterocycles. The van der Waals surface area contributed by atoms with Crippen LogP contribution in [0, 0.1) is 13.8 Å². The molecule has 3 atom stereocenters. The topological polar surface area (TPSA) is 59.1 Å². The van der Waals surface area contributed by atoms with Crippen molar-refractivity contribution >= 4 is 17.6 Å². The second-order valence-electron chi connectivity index (χ2n) is 8.80. The fourth-order valence-corrected chi connectivity index (χ4v) is 5.07. The zero-order valence-electron chi connectivity index (χ0n) is 18.3.